The average molecular weight is 316 g/mol. The monoisotopic (exact) mass is 316 g/mol. The highest BCUT2D eigenvalue weighted by Gasteiger charge is 2.29. The lowest BCUT2D eigenvalue weighted by atomic mass is 9.94. The Morgan fingerprint density at radius 2 is 2.09 bits per heavy atom. The Labute approximate surface area is 141 Å². The van der Waals surface area contributed by atoms with Crippen LogP contribution in [-0.4, -0.2) is 36.0 Å². The van der Waals surface area contributed by atoms with Crippen molar-refractivity contribution in [3.05, 3.63) is 29.3 Å². The molecule has 0 saturated carbocycles. The maximum Gasteiger partial charge on any atom is 0.193 e. The molecule has 1 aromatic rings. The number of rotatable bonds is 4. The minimum Gasteiger partial charge on any atom is -0.370 e. The van der Waals surface area contributed by atoms with Crippen molar-refractivity contribution < 1.29 is 0 Å². The van der Waals surface area contributed by atoms with Crippen molar-refractivity contribution >= 4 is 11.6 Å². The van der Waals surface area contributed by atoms with Gasteiger partial charge < -0.3 is 11.1 Å². The Hall–Kier alpha value is -1.55. The first-order valence-electron chi connectivity index (χ1n) is 8.67. The summed E-state index contributed by atoms with van der Waals surface area (Å²) in [6.07, 6.45) is 2.62. The summed E-state index contributed by atoms with van der Waals surface area (Å²) in [6.45, 7) is 14.1. The molecule has 0 amide bonds. The topological polar surface area (TPSA) is 53.6 Å². The Kier molecular flexibility index (Phi) is 5.69. The molecule has 4 heteroatoms. The zero-order chi connectivity index (χ0) is 17.0. The van der Waals surface area contributed by atoms with E-state index >= 15 is 0 Å². The Morgan fingerprint density at radius 1 is 1.35 bits per heavy atom. The predicted molar refractivity (Wildman–Crippen MR) is 100 cm³/mol. The molecule has 0 bridgehead atoms. The number of guanidine groups is 1. The number of hydrogen-bond donors (Lipinski definition) is 2. The van der Waals surface area contributed by atoms with E-state index in [0.717, 1.165) is 24.7 Å². The van der Waals surface area contributed by atoms with Crippen molar-refractivity contribution in [2.45, 2.75) is 53.0 Å². The van der Waals surface area contributed by atoms with Crippen LogP contribution >= 0.6 is 0 Å². The predicted octanol–water partition coefficient (Wildman–Crippen LogP) is 3.54. The van der Waals surface area contributed by atoms with E-state index in [2.05, 4.69) is 62.0 Å². The van der Waals surface area contributed by atoms with E-state index in [-0.39, 0.29) is 5.54 Å². The number of aryl methyl sites for hydroxylation is 2. The highest BCUT2D eigenvalue weighted by atomic mass is 15.2. The number of nitrogens with one attached hydrogen (secondary N) is 1. The number of hydrogen-bond acceptors (Lipinski definition) is 2. The van der Waals surface area contributed by atoms with Crippen molar-refractivity contribution in [3.8, 4) is 0 Å². The van der Waals surface area contributed by atoms with Gasteiger partial charge in [-0.25, -0.2) is 0 Å². The standard InChI is InChI=1S/C19H32N4/c1-14-7-6-10-23(12-14)19(4,5)13-21-18(20)22-17-9-8-15(2)16(3)11-17/h8-9,11,14H,6-7,10,12-13H2,1-5H3,(H3,20,21,22). The number of likely N-dealkylation sites (tertiary alicyclic amines) is 1. The summed E-state index contributed by atoms with van der Waals surface area (Å²) in [6, 6.07) is 6.25. The molecule has 1 atom stereocenters. The van der Waals surface area contributed by atoms with E-state index < -0.39 is 0 Å². The van der Waals surface area contributed by atoms with Crippen LogP contribution in [0.3, 0.4) is 0 Å². The van der Waals surface area contributed by atoms with Gasteiger partial charge in [0.2, 0.25) is 0 Å². The summed E-state index contributed by atoms with van der Waals surface area (Å²) in [4.78, 5) is 7.13. The van der Waals surface area contributed by atoms with Crippen LogP contribution in [0.15, 0.2) is 23.2 Å². The summed E-state index contributed by atoms with van der Waals surface area (Å²) < 4.78 is 0. The van der Waals surface area contributed by atoms with Crippen LogP contribution in [0.4, 0.5) is 5.69 Å². The normalized spacial score (nSPS) is 20.6. The molecule has 2 rings (SSSR count). The zero-order valence-electron chi connectivity index (χ0n) is 15.3. The van der Waals surface area contributed by atoms with E-state index in [1.54, 1.807) is 0 Å². The molecule has 1 saturated heterocycles. The second-order valence-corrected chi connectivity index (χ2v) is 7.63. The Bertz CT molecular complexity index is 562. The summed E-state index contributed by atoms with van der Waals surface area (Å²) >= 11 is 0. The number of piperidine rings is 1. The second kappa shape index (κ2) is 7.35. The summed E-state index contributed by atoms with van der Waals surface area (Å²) in [5, 5.41) is 3.20. The maximum atomic E-state index is 6.08. The quantitative estimate of drug-likeness (QED) is 0.660. The third kappa shape index (κ3) is 4.96. The molecule has 1 fully saturated rings. The summed E-state index contributed by atoms with van der Waals surface area (Å²) in [5.74, 6) is 1.27. The molecule has 4 nitrogen and oxygen atoms in total. The molecular formula is C19H32N4. The molecule has 23 heavy (non-hydrogen) atoms. The third-order valence-electron chi connectivity index (χ3n) is 4.93. The van der Waals surface area contributed by atoms with E-state index in [4.69, 9.17) is 5.73 Å². The van der Waals surface area contributed by atoms with Gasteiger partial charge in [-0.05, 0) is 76.3 Å². The summed E-state index contributed by atoms with van der Waals surface area (Å²) in [5.41, 5.74) is 9.66. The lowest BCUT2D eigenvalue weighted by Gasteiger charge is -2.42. The van der Waals surface area contributed by atoms with Crippen LogP contribution in [0.25, 0.3) is 0 Å². The first kappa shape index (κ1) is 17.8. The minimum atomic E-state index is 0.0458. The lowest BCUT2D eigenvalue weighted by Crippen LogP contribution is -2.51. The van der Waals surface area contributed by atoms with Gasteiger partial charge in [0.15, 0.2) is 5.96 Å². The van der Waals surface area contributed by atoms with Crippen molar-refractivity contribution in [2.24, 2.45) is 16.6 Å². The third-order valence-corrected chi connectivity index (χ3v) is 4.93. The first-order chi connectivity index (χ1) is 10.8. The number of benzene rings is 1. The molecule has 1 unspecified atom stereocenters. The molecule has 0 radical (unpaired) electrons. The molecule has 0 aromatic heterocycles. The van der Waals surface area contributed by atoms with E-state index in [0.29, 0.717) is 12.5 Å². The molecule has 1 aliphatic rings. The number of aliphatic imine (C=N–C) groups is 1. The van der Waals surface area contributed by atoms with E-state index in [1.165, 1.54) is 24.0 Å². The first-order valence-corrected chi connectivity index (χ1v) is 8.67. The Morgan fingerprint density at radius 3 is 2.74 bits per heavy atom. The van der Waals surface area contributed by atoms with Gasteiger partial charge in [0.1, 0.15) is 0 Å². The van der Waals surface area contributed by atoms with E-state index in [1.807, 2.05) is 6.07 Å². The SMILES string of the molecule is Cc1ccc(NC(N)=NCC(C)(C)N2CCCC(C)C2)cc1C. The van der Waals surface area contributed by atoms with Crippen LogP contribution in [0, 0.1) is 19.8 Å². The van der Waals surface area contributed by atoms with Crippen LogP contribution in [-0.2, 0) is 0 Å². The van der Waals surface area contributed by atoms with Crippen molar-refractivity contribution in [3.63, 3.8) is 0 Å². The molecule has 3 N–H and O–H groups in total. The molecular weight excluding hydrogens is 284 g/mol. The van der Waals surface area contributed by atoms with Gasteiger partial charge in [0.05, 0.1) is 6.54 Å². The highest BCUT2D eigenvalue weighted by Crippen LogP contribution is 2.24. The fourth-order valence-corrected chi connectivity index (χ4v) is 3.12. The molecule has 0 spiro atoms. The smallest absolute Gasteiger partial charge is 0.193 e. The minimum absolute atomic E-state index is 0.0458. The molecule has 128 valence electrons. The number of nitrogens with zero attached hydrogens (tertiary/aromatic N) is 2. The number of anilines is 1. The van der Waals surface area contributed by atoms with Crippen LogP contribution in [0.1, 0.15) is 44.7 Å². The van der Waals surface area contributed by atoms with Crippen LogP contribution in [0.5, 0.6) is 0 Å². The number of nitrogens with two attached hydrogens (primary N) is 1. The fraction of sp³-hybridized carbons (Fsp3) is 0.632. The fourth-order valence-electron chi connectivity index (χ4n) is 3.12. The van der Waals surface area contributed by atoms with Gasteiger partial charge in [0, 0.05) is 17.8 Å². The van der Waals surface area contributed by atoms with Crippen LogP contribution < -0.4 is 11.1 Å². The van der Waals surface area contributed by atoms with Gasteiger partial charge in [-0.3, -0.25) is 9.89 Å². The van der Waals surface area contributed by atoms with Crippen molar-refractivity contribution in [2.75, 3.05) is 25.0 Å². The lowest BCUT2D eigenvalue weighted by molar-refractivity contribution is 0.0775. The average Bonchev–Trinajstić information content (AvgIpc) is 2.49. The highest BCUT2D eigenvalue weighted by molar-refractivity contribution is 5.92. The van der Waals surface area contributed by atoms with Gasteiger partial charge >= 0.3 is 0 Å². The zero-order valence-corrected chi connectivity index (χ0v) is 15.3. The second-order valence-electron chi connectivity index (χ2n) is 7.63. The molecule has 1 aliphatic heterocycles. The van der Waals surface area contributed by atoms with Gasteiger partial charge in [-0.15, -0.1) is 0 Å². The van der Waals surface area contributed by atoms with Gasteiger partial charge in [-0.2, -0.15) is 0 Å². The summed E-state index contributed by atoms with van der Waals surface area (Å²) in [7, 11) is 0. The largest absolute Gasteiger partial charge is 0.370 e. The van der Waals surface area contributed by atoms with Gasteiger partial charge in [0.25, 0.3) is 0 Å². The van der Waals surface area contributed by atoms with Crippen molar-refractivity contribution in [1.82, 2.24) is 4.90 Å². The Balaban J connectivity index is 1.96. The molecule has 1 heterocycles. The molecule has 1 aromatic carbocycles. The van der Waals surface area contributed by atoms with Crippen LogP contribution in [0.2, 0.25) is 0 Å². The van der Waals surface area contributed by atoms with Crippen molar-refractivity contribution in [1.29, 1.82) is 0 Å². The molecule has 0 aliphatic carbocycles. The van der Waals surface area contributed by atoms with E-state index in [9.17, 15) is 0 Å². The maximum absolute atomic E-state index is 6.08. The van der Waals surface area contributed by atoms with Gasteiger partial charge in [-0.1, -0.05) is 13.0 Å².